The predicted octanol–water partition coefficient (Wildman–Crippen LogP) is 6.03. The third-order valence-electron chi connectivity index (χ3n) is 6.93. The highest BCUT2D eigenvalue weighted by Gasteiger charge is 2.32. The van der Waals surface area contributed by atoms with E-state index in [-0.39, 0.29) is 31.0 Å². The quantitative estimate of drug-likeness (QED) is 0.356. The van der Waals surface area contributed by atoms with Crippen molar-refractivity contribution in [1.29, 1.82) is 0 Å². The molecule has 1 unspecified atom stereocenters. The van der Waals surface area contributed by atoms with Crippen molar-refractivity contribution < 1.29 is 14.3 Å². The lowest BCUT2D eigenvalue weighted by molar-refractivity contribution is -0.143. The van der Waals surface area contributed by atoms with E-state index in [1.54, 1.807) is 17.0 Å². The number of halogens is 1. The van der Waals surface area contributed by atoms with E-state index in [1.165, 1.54) is 0 Å². The monoisotopic (exact) mass is 518 g/mol. The Kier molecular flexibility index (Phi) is 9.24. The Hall–Kier alpha value is -3.31. The van der Waals surface area contributed by atoms with Gasteiger partial charge in [-0.1, -0.05) is 79.0 Å². The maximum atomic E-state index is 13.8. The highest BCUT2D eigenvalue weighted by molar-refractivity contribution is 6.30. The summed E-state index contributed by atoms with van der Waals surface area (Å²) in [7, 11) is 0. The maximum absolute atomic E-state index is 13.8. The van der Waals surface area contributed by atoms with Crippen molar-refractivity contribution >= 4 is 23.4 Å². The fraction of sp³-hybridized carbons (Fsp3) is 0.355. The molecule has 0 saturated heterocycles. The summed E-state index contributed by atoms with van der Waals surface area (Å²) in [5.74, 6) is 0.318. The van der Waals surface area contributed by atoms with Crippen LogP contribution in [0.1, 0.15) is 47.9 Å². The second-order valence-corrected chi connectivity index (χ2v) is 10.3. The normalized spacial score (nSPS) is 14.2. The van der Waals surface area contributed by atoms with Gasteiger partial charge in [0, 0.05) is 24.0 Å². The summed E-state index contributed by atoms with van der Waals surface area (Å²) < 4.78 is 5.99. The summed E-state index contributed by atoms with van der Waals surface area (Å²) in [6.45, 7) is 4.07. The molecule has 3 aromatic rings. The molecule has 1 atom stereocenters. The van der Waals surface area contributed by atoms with Gasteiger partial charge in [-0.15, -0.1) is 0 Å². The first-order valence-corrected chi connectivity index (χ1v) is 13.3. The number of nitrogens with zero attached hydrogens (tertiary/aromatic N) is 1. The molecule has 0 spiro atoms. The molecule has 0 aromatic heterocycles. The van der Waals surface area contributed by atoms with Crippen molar-refractivity contribution in [1.82, 2.24) is 10.2 Å². The lowest BCUT2D eigenvalue weighted by Crippen LogP contribution is -2.53. The van der Waals surface area contributed by atoms with Crippen LogP contribution in [0.25, 0.3) is 0 Å². The molecule has 0 heterocycles. The predicted molar refractivity (Wildman–Crippen MR) is 148 cm³/mol. The zero-order valence-electron chi connectivity index (χ0n) is 21.6. The van der Waals surface area contributed by atoms with Crippen molar-refractivity contribution in [2.75, 3.05) is 6.61 Å². The van der Waals surface area contributed by atoms with Crippen LogP contribution in [0.3, 0.4) is 0 Å². The van der Waals surface area contributed by atoms with Gasteiger partial charge < -0.3 is 15.0 Å². The van der Waals surface area contributed by atoms with Crippen molar-refractivity contribution in [3.8, 4) is 5.75 Å². The molecule has 0 bridgehead atoms. The fourth-order valence-electron chi connectivity index (χ4n) is 4.79. The van der Waals surface area contributed by atoms with Gasteiger partial charge in [-0.2, -0.15) is 0 Å². The number of hydrogen-bond acceptors (Lipinski definition) is 3. The van der Waals surface area contributed by atoms with Crippen LogP contribution in [0, 0.1) is 13.8 Å². The molecule has 4 rings (SSSR count). The molecule has 194 valence electrons. The number of carbonyl (C=O) groups is 2. The first-order chi connectivity index (χ1) is 17.9. The molecule has 3 aromatic carbocycles. The molecular formula is C31H35ClN2O3. The Morgan fingerprint density at radius 2 is 1.68 bits per heavy atom. The van der Waals surface area contributed by atoms with E-state index in [0.717, 1.165) is 47.9 Å². The smallest absolute Gasteiger partial charge is 0.261 e. The minimum atomic E-state index is -0.673. The number of carbonyl (C=O) groups excluding carboxylic acids is 2. The van der Waals surface area contributed by atoms with E-state index < -0.39 is 6.04 Å². The van der Waals surface area contributed by atoms with Gasteiger partial charge in [0.05, 0.1) is 0 Å². The molecule has 1 aliphatic rings. The van der Waals surface area contributed by atoms with E-state index in [1.807, 2.05) is 74.5 Å². The van der Waals surface area contributed by atoms with Crippen molar-refractivity contribution in [3.05, 3.63) is 100 Å². The minimum Gasteiger partial charge on any atom is -0.483 e. The number of ether oxygens (including phenoxy) is 1. The summed E-state index contributed by atoms with van der Waals surface area (Å²) in [6.07, 6.45) is 4.61. The summed E-state index contributed by atoms with van der Waals surface area (Å²) in [4.78, 5) is 29.1. The molecule has 37 heavy (non-hydrogen) atoms. The first kappa shape index (κ1) is 26.7. The van der Waals surface area contributed by atoms with E-state index in [0.29, 0.717) is 17.2 Å². The number of hydrogen-bond donors (Lipinski definition) is 1. The Morgan fingerprint density at radius 3 is 2.38 bits per heavy atom. The van der Waals surface area contributed by atoms with Gasteiger partial charge in [-0.25, -0.2) is 0 Å². The van der Waals surface area contributed by atoms with Gasteiger partial charge in [0.2, 0.25) is 5.91 Å². The second kappa shape index (κ2) is 12.8. The Morgan fingerprint density at radius 1 is 0.973 bits per heavy atom. The largest absolute Gasteiger partial charge is 0.483 e. The van der Waals surface area contributed by atoms with Crippen LogP contribution in [-0.4, -0.2) is 35.4 Å². The zero-order valence-corrected chi connectivity index (χ0v) is 22.3. The van der Waals surface area contributed by atoms with Gasteiger partial charge in [-0.05, 0) is 67.1 Å². The standard InChI is InChI=1S/C31H35ClN2O3/c1-22-12-13-23(2)29(18-22)37-21-30(35)34(20-25-14-16-26(32)17-15-25)28(19-24-8-4-3-5-9-24)31(36)33-27-10-6-7-11-27/h3-5,8-9,12-18,27-28H,6-7,10-11,19-21H2,1-2H3,(H,33,36). The number of aryl methyl sites for hydroxylation is 2. The summed E-state index contributed by atoms with van der Waals surface area (Å²) in [6, 6.07) is 22.6. The number of nitrogens with one attached hydrogen (secondary N) is 1. The Bertz CT molecular complexity index is 1190. The van der Waals surface area contributed by atoms with Crippen molar-refractivity contribution in [2.24, 2.45) is 0 Å². The highest BCUT2D eigenvalue weighted by atomic mass is 35.5. The van der Waals surface area contributed by atoms with Crippen LogP contribution >= 0.6 is 11.6 Å². The third kappa shape index (κ3) is 7.59. The van der Waals surface area contributed by atoms with Crippen molar-refractivity contribution in [2.45, 2.75) is 64.6 Å². The minimum absolute atomic E-state index is 0.121. The zero-order chi connectivity index (χ0) is 26.2. The van der Waals surface area contributed by atoms with Gasteiger partial charge in [0.25, 0.3) is 5.91 Å². The van der Waals surface area contributed by atoms with Gasteiger partial charge in [0.15, 0.2) is 6.61 Å². The lowest BCUT2D eigenvalue weighted by Gasteiger charge is -2.32. The molecule has 1 saturated carbocycles. The molecule has 1 fully saturated rings. The molecule has 6 heteroatoms. The molecule has 0 radical (unpaired) electrons. The van der Waals surface area contributed by atoms with Gasteiger partial charge in [0.1, 0.15) is 11.8 Å². The molecule has 1 N–H and O–H groups in total. The highest BCUT2D eigenvalue weighted by Crippen LogP contribution is 2.22. The molecule has 2 amide bonds. The Balaban J connectivity index is 1.62. The van der Waals surface area contributed by atoms with E-state index in [2.05, 4.69) is 5.32 Å². The maximum Gasteiger partial charge on any atom is 0.261 e. The van der Waals surface area contributed by atoms with Crippen LogP contribution in [0.4, 0.5) is 0 Å². The molecule has 1 aliphatic carbocycles. The number of rotatable bonds is 10. The average molecular weight is 519 g/mol. The SMILES string of the molecule is Cc1ccc(C)c(OCC(=O)N(Cc2ccc(Cl)cc2)C(Cc2ccccc2)C(=O)NC2CCCC2)c1. The number of benzene rings is 3. The van der Waals surface area contributed by atoms with Crippen LogP contribution in [-0.2, 0) is 22.6 Å². The first-order valence-electron chi connectivity index (χ1n) is 13.0. The average Bonchev–Trinajstić information content (AvgIpc) is 3.41. The van der Waals surface area contributed by atoms with Crippen molar-refractivity contribution in [3.63, 3.8) is 0 Å². The van der Waals surface area contributed by atoms with Crippen LogP contribution in [0.2, 0.25) is 5.02 Å². The third-order valence-corrected chi connectivity index (χ3v) is 7.19. The van der Waals surface area contributed by atoms with Crippen LogP contribution in [0.15, 0.2) is 72.8 Å². The Labute approximate surface area is 224 Å². The van der Waals surface area contributed by atoms with E-state index in [9.17, 15) is 9.59 Å². The molecule has 0 aliphatic heterocycles. The van der Waals surface area contributed by atoms with Crippen LogP contribution in [0.5, 0.6) is 5.75 Å². The van der Waals surface area contributed by atoms with Gasteiger partial charge >= 0.3 is 0 Å². The fourth-order valence-corrected chi connectivity index (χ4v) is 4.92. The van der Waals surface area contributed by atoms with E-state index >= 15 is 0 Å². The van der Waals surface area contributed by atoms with Crippen LogP contribution < -0.4 is 10.1 Å². The summed E-state index contributed by atoms with van der Waals surface area (Å²) in [5, 5.41) is 3.85. The second-order valence-electron chi connectivity index (χ2n) is 9.90. The molecule has 5 nitrogen and oxygen atoms in total. The summed E-state index contributed by atoms with van der Waals surface area (Å²) >= 11 is 6.11. The topological polar surface area (TPSA) is 58.6 Å². The molecular weight excluding hydrogens is 484 g/mol. The lowest BCUT2D eigenvalue weighted by atomic mass is 10.0. The van der Waals surface area contributed by atoms with E-state index in [4.69, 9.17) is 16.3 Å². The number of amides is 2. The van der Waals surface area contributed by atoms with Gasteiger partial charge in [-0.3, -0.25) is 9.59 Å². The summed E-state index contributed by atoms with van der Waals surface area (Å²) in [5.41, 5.74) is 3.92.